The van der Waals surface area contributed by atoms with E-state index in [1.807, 2.05) is 24.3 Å². The summed E-state index contributed by atoms with van der Waals surface area (Å²) in [4.78, 5) is 45.2. The first kappa shape index (κ1) is 28.8. The van der Waals surface area contributed by atoms with Gasteiger partial charge in [-0.1, -0.05) is 18.2 Å². The summed E-state index contributed by atoms with van der Waals surface area (Å²) in [6.45, 7) is 6.40. The highest BCUT2D eigenvalue weighted by Gasteiger charge is 2.33. The van der Waals surface area contributed by atoms with Gasteiger partial charge >= 0.3 is 18.3 Å². The molecule has 3 N–H and O–H groups in total. The van der Waals surface area contributed by atoms with Crippen LogP contribution in [0.2, 0.25) is 0 Å². The van der Waals surface area contributed by atoms with E-state index in [-0.39, 0.29) is 44.2 Å². The van der Waals surface area contributed by atoms with Gasteiger partial charge in [-0.2, -0.15) is 13.2 Å². The van der Waals surface area contributed by atoms with Crippen LogP contribution in [-0.4, -0.2) is 70.6 Å². The van der Waals surface area contributed by atoms with Crippen molar-refractivity contribution < 1.29 is 32.3 Å². The number of hydrogen-bond donors (Lipinski definition) is 3. The Balaban J connectivity index is 1.46. The molecule has 1 atom stereocenters. The number of halogens is 3. The van der Waals surface area contributed by atoms with E-state index in [1.165, 1.54) is 4.90 Å². The van der Waals surface area contributed by atoms with E-state index in [4.69, 9.17) is 4.74 Å². The average molecular weight is 560 g/mol. The van der Waals surface area contributed by atoms with Gasteiger partial charge in [-0.25, -0.2) is 9.59 Å². The molecule has 0 radical (unpaired) electrons. The van der Waals surface area contributed by atoms with E-state index < -0.39 is 35.5 Å². The first-order valence-electron chi connectivity index (χ1n) is 12.9. The molecule has 1 saturated heterocycles. The van der Waals surface area contributed by atoms with Crippen LogP contribution in [0.1, 0.15) is 31.9 Å². The molecule has 1 aliphatic heterocycles. The molecule has 12 heteroatoms. The van der Waals surface area contributed by atoms with Crippen molar-refractivity contribution in [2.75, 3.05) is 31.5 Å². The number of fused-ring (bicyclic) bond motifs is 1. The van der Waals surface area contributed by atoms with Gasteiger partial charge in [0.2, 0.25) is 5.91 Å². The van der Waals surface area contributed by atoms with Crippen LogP contribution >= 0.6 is 0 Å². The first-order chi connectivity index (χ1) is 18.8. The summed E-state index contributed by atoms with van der Waals surface area (Å²) in [5, 5.41) is 6.10. The van der Waals surface area contributed by atoms with Crippen molar-refractivity contribution in [3.63, 3.8) is 0 Å². The minimum atomic E-state index is -4.49. The molecule has 214 valence electrons. The number of alkyl halides is 3. The molecule has 1 aromatic heterocycles. The van der Waals surface area contributed by atoms with E-state index in [0.29, 0.717) is 0 Å². The first-order valence-corrected chi connectivity index (χ1v) is 12.9. The molecule has 1 fully saturated rings. The Bertz CT molecular complexity index is 1360. The number of nitrogens with one attached hydrogen (secondary N) is 3. The van der Waals surface area contributed by atoms with E-state index in [0.717, 1.165) is 40.7 Å². The van der Waals surface area contributed by atoms with Gasteiger partial charge in [0.05, 0.1) is 5.56 Å². The molecule has 0 saturated carbocycles. The molecule has 0 spiro atoms. The number of carbonyl (C=O) groups is 3. The lowest BCUT2D eigenvalue weighted by Gasteiger charge is -2.37. The van der Waals surface area contributed by atoms with Crippen molar-refractivity contribution in [1.29, 1.82) is 0 Å². The molecule has 0 unspecified atom stereocenters. The molecular weight excluding hydrogens is 527 g/mol. The third-order valence-corrected chi connectivity index (χ3v) is 6.42. The average Bonchev–Trinajstić information content (AvgIpc) is 3.29. The summed E-state index contributed by atoms with van der Waals surface area (Å²) >= 11 is 0. The molecule has 4 amide bonds. The molecule has 0 aliphatic carbocycles. The van der Waals surface area contributed by atoms with E-state index in [1.54, 1.807) is 31.9 Å². The maximum Gasteiger partial charge on any atom is 0.416 e. The number of aromatic amines is 1. The molecule has 3 aromatic rings. The Morgan fingerprint density at radius 1 is 0.950 bits per heavy atom. The predicted octanol–water partition coefficient (Wildman–Crippen LogP) is 5.00. The van der Waals surface area contributed by atoms with Crippen LogP contribution < -0.4 is 10.6 Å². The number of carbonyl (C=O) groups excluding carboxylic acids is 3. The van der Waals surface area contributed by atoms with Gasteiger partial charge in [0.25, 0.3) is 0 Å². The van der Waals surface area contributed by atoms with Gasteiger partial charge in [-0.05, 0) is 56.7 Å². The number of piperazine rings is 1. The van der Waals surface area contributed by atoms with Gasteiger partial charge in [0.15, 0.2) is 0 Å². The number of aromatic nitrogens is 1. The number of nitrogens with zero attached hydrogens (tertiary/aromatic N) is 2. The molecule has 0 bridgehead atoms. The summed E-state index contributed by atoms with van der Waals surface area (Å²) in [5.41, 5.74) is 0.366. The Hall–Kier alpha value is -4.22. The smallest absolute Gasteiger partial charge is 0.416 e. The minimum absolute atomic E-state index is 0.148. The lowest BCUT2D eigenvalue weighted by Crippen LogP contribution is -2.57. The summed E-state index contributed by atoms with van der Waals surface area (Å²) in [5.74, 6) is -0.336. The zero-order valence-electron chi connectivity index (χ0n) is 22.5. The second-order valence-electron chi connectivity index (χ2n) is 10.6. The monoisotopic (exact) mass is 559 g/mol. The lowest BCUT2D eigenvalue weighted by molar-refractivity contribution is -0.137. The SMILES string of the molecule is CC(C)(C)OC(=O)N1CCN(C(=O)[C@H](Cc2c[nH]c3ccccc23)NC(=O)Nc2ccc(C(F)(F)F)cc2)CC1. The van der Waals surface area contributed by atoms with Crippen molar-refractivity contribution in [1.82, 2.24) is 20.1 Å². The number of para-hydroxylation sites is 1. The molecule has 4 rings (SSSR count). The van der Waals surface area contributed by atoms with Crippen LogP contribution in [0.15, 0.2) is 54.7 Å². The van der Waals surface area contributed by atoms with E-state index in [2.05, 4.69) is 15.6 Å². The van der Waals surface area contributed by atoms with Crippen molar-refractivity contribution in [2.24, 2.45) is 0 Å². The number of H-pyrrole nitrogens is 1. The van der Waals surface area contributed by atoms with Crippen LogP contribution in [0.3, 0.4) is 0 Å². The zero-order valence-corrected chi connectivity index (χ0v) is 22.5. The van der Waals surface area contributed by atoms with Crippen LogP contribution in [-0.2, 0) is 22.1 Å². The number of rotatable bonds is 5. The van der Waals surface area contributed by atoms with Gasteiger partial charge in [0.1, 0.15) is 11.6 Å². The maximum atomic E-state index is 13.6. The fourth-order valence-electron chi connectivity index (χ4n) is 4.44. The Morgan fingerprint density at radius 2 is 1.57 bits per heavy atom. The standard InChI is InChI=1S/C28H32F3N5O4/c1-27(2,3)40-26(39)36-14-12-35(13-15-36)24(37)23(16-18-17-32-22-7-5-4-6-21(18)22)34-25(38)33-20-10-8-19(9-11-20)28(29,30)31/h4-11,17,23,32H,12-16H2,1-3H3,(H2,33,34,38)/t23-/m0/s1. The van der Waals surface area contributed by atoms with Crippen LogP contribution in [0, 0.1) is 0 Å². The lowest BCUT2D eigenvalue weighted by atomic mass is 10.0. The highest BCUT2D eigenvalue weighted by atomic mass is 19.4. The van der Waals surface area contributed by atoms with Crippen molar-refractivity contribution in [2.45, 2.75) is 45.0 Å². The largest absolute Gasteiger partial charge is 0.444 e. The molecule has 2 heterocycles. The highest BCUT2D eigenvalue weighted by Crippen LogP contribution is 2.30. The highest BCUT2D eigenvalue weighted by molar-refractivity contribution is 5.94. The number of urea groups is 1. The topological polar surface area (TPSA) is 107 Å². The van der Waals surface area contributed by atoms with Crippen LogP contribution in [0.4, 0.5) is 28.4 Å². The van der Waals surface area contributed by atoms with Crippen LogP contribution in [0.5, 0.6) is 0 Å². The number of anilines is 1. The normalized spacial score (nSPS) is 15.1. The van der Waals surface area contributed by atoms with Crippen LogP contribution in [0.25, 0.3) is 10.9 Å². The predicted molar refractivity (Wildman–Crippen MR) is 144 cm³/mol. The summed E-state index contributed by atoms with van der Waals surface area (Å²) in [7, 11) is 0. The number of hydrogen-bond acceptors (Lipinski definition) is 4. The zero-order chi connectivity index (χ0) is 29.1. The molecule has 9 nitrogen and oxygen atoms in total. The molecule has 40 heavy (non-hydrogen) atoms. The third kappa shape index (κ3) is 7.25. The van der Waals surface area contributed by atoms with E-state index >= 15 is 0 Å². The maximum absolute atomic E-state index is 13.6. The summed E-state index contributed by atoms with van der Waals surface area (Å²) in [6, 6.07) is 9.89. The quantitative estimate of drug-likeness (QED) is 0.409. The van der Waals surface area contributed by atoms with Crippen molar-refractivity contribution in [3.8, 4) is 0 Å². The second kappa shape index (κ2) is 11.5. The third-order valence-electron chi connectivity index (χ3n) is 6.42. The van der Waals surface area contributed by atoms with Crippen molar-refractivity contribution in [3.05, 3.63) is 65.9 Å². The summed E-state index contributed by atoms with van der Waals surface area (Å²) < 4.78 is 44.1. The summed E-state index contributed by atoms with van der Waals surface area (Å²) in [6.07, 6.45) is -2.99. The van der Waals surface area contributed by atoms with Gasteiger partial charge in [0, 0.05) is 55.4 Å². The fraction of sp³-hybridized carbons (Fsp3) is 0.393. The van der Waals surface area contributed by atoms with Gasteiger partial charge in [-0.15, -0.1) is 0 Å². The minimum Gasteiger partial charge on any atom is -0.444 e. The number of amides is 4. The van der Waals surface area contributed by atoms with E-state index in [9.17, 15) is 27.6 Å². The van der Waals surface area contributed by atoms with Gasteiger partial charge in [-0.3, -0.25) is 4.79 Å². The molecule has 1 aliphatic rings. The Morgan fingerprint density at radius 3 is 2.20 bits per heavy atom. The second-order valence-corrected chi connectivity index (χ2v) is 10.6. The Kier molecular flexibility index (Phi) is 8.26. The fourth-order valence-corrected chi connectivity index (χ4v) is 4.44. The number of ether oxygens (including phenoxy) is 1. The molecule has 2 aromatic carbocycles. The van der Waals surface area contributed by atoms with Crippen molar-refractivity contribution >= 4 is 34.6 Å². The molecular formula is C28H32F3N5O4. The Labute approximate surface area is 229 Å². The van der Waals surface area contributed by atoms with Gasteiger partial charge < -0.3 is 30.2 Å². The number of benzene rings is 2.